The summed E-state index contributed by atoms with van der Waals surface area (Å²) in [4.78, 5) is 28.1. The van der Waals surface area contributed by atoms with Gasteiger partial charge in [0.05, 0.1) is 16.9 Å². The van der Waals surface area contributed by atoms with Crippen molar-refractivity contribution in [3.63, 3.8) is 0 Å². The van der Waals surface area contributed by atoms with E-state index in [0.717, 1.165) is 29.9 Å². The molecule has 3 aromatic rings. The molecule has 148 valence electrons. The van der Waals surface area contributed by atoms with Gasteiger partial charge in [0.15, 0.2) is 6.61 Å². The van der Waals surface area contributed by atoms with Gasteiger partial charge in [0.1, 0.15) is 16.7 Å². The third kappa shape index (κ3) is 3.54. The molecule has 1 amide bonds. The molecule has 1 aliphatic heterocycles. The van der Waals surface area contributed by atoms with E-state index in [2.05, 4.69) is 5.10 Å². The van der Waals surface area contributed by atoms with Gasteiger partial charge in [0.25, 0.3) is 5.91 Å². The molecule has 1 atom stereocenters. The number of nitrogens with zero attached hydrogens (tertiary/aromatic N) is 2. The third-order valence-electron chi connectivity index (χ3n) is 5.12. The topological polar surface area (TPSA) is 72.1 Å². The van der Waals surface area contributed by atoms with Gasteiger partial charge in [0, 0.05) is 11.3 Å². The summed E-state index contributed by atoms with van der Waals surface area (Å²) in [6.45, 7) is -0.347. The average Bonchev–Trinajstić information content (AvgIpc) is 3.51. The van der Waals surface area contributed by atoms with Crippen LogP contribution in [0.4, 0.5) is 0 Å². The standard InChI is InChI=1S/C21H18N2O4S2/c24-20(12-27-21(25)19-10-13-4-1-6-17(13)29-19)23-15(16-5-2-8-26-16)11-14(22-23)18-7-3-9-28-18/h2-3,5,7-10,15H,1,4,6,11-12H2. The molecular weight excluding hydrogens is 408 g/mol. The fraction of sp³-hybridized carbons (Fsp3) is 0.286. The minimum atomic E-state index is -0.450. The van der Waals surface area contributed by atoms with Crippen molar-refractivity contribution in [2.75, 3.05) is 6.61 Å². The molecule has 5 rings (SSSR count). The average molecular weight is 427 g/mol. The number of fused-ring (bicyclic) bond motifs is 1. The third-order valence-corrected chi connectivity index (χ3v) is 7.25. The Balaban J connectivity index is 1.30. The Hall–Kier alpha value is -2.71. The lowest BCUT2D eigenvalue weighted by molar-refractivity contribution is -0.136. The molecule has 0 aromatic carbocycles. The monoisotopic (exact) mass is 426 g/mol. The number of aryl methyl sites for hydroxylation is 2. The van der Waals surface area contributed by atoms with Crippen LogP contribution >= 0.6 is 22.7 Å². The molecule has 0 radical (unpaired) electrons. The summed E-state index contributed by atoms with van der Waals surface area (Å²) in [6, 6.07) is 9.11. The Morgan fingerprint density at radius 1 is 1.28 bits per heavy atom. The summed E-state index contributed by atoms with van der Waals surface area (Å²) in [5.41, 5.74) is 2.06. The van der Waals surface area contributed by atoms with E-state index in [9.17, 15) is 9.59 Å². The number of amides is 1. The van der Waals surface area contributed by atoms with Gasteiger partial charge in [0.2, 0.25) is 0 Å². The number of rotatable bonds is 5. The van der Waals surface area contributed by atoms with Gasteiger partial charge >= 0.3 is 5.97 Å². The van der Waals surface area contributed by atoms with Crippen molar-refractivity contribution in [3.05, 3.63) is 67.9 Å². The van der Waals surface area contributed by atoms with E-state index in [1.807, 2.05) is 29.6 Å². The number of esters is 1. The zero-order valence-corrected chi connectivity index (χ0v) is 17.1. The number of thiophene rings is 2. The number of hydrogen-bond donors (Lipinski definition) is 0. The minimum Gasteiger partial charge on any atom is -0.467 e. The number of ether oxygens (including phenoxy) is 1. The number of furan rings is 1. The molecule has 29 heavy (non-hydrogen) atoms. The maximum absolute atomic E-state index is 12.8. The highest BCUT2D eigenvalue weighted by Gasteiger charge is 2.35. The second-order valence-electron chi connectivity index (χ2n) is 6.99. The SMILES string of the molecule is O=C(OCC(=O)N1N=C(c2cccs2)CC1c1ccco1)c1cc2c(s1)CCC2. The summed E-state index contributed by atoms with van der Waals surface area (Å²) in [5.74, 6) is -0.154. The number of carbonyl (C=O) groups is 2. The Labute approximate surface area is 175 Å². The van der Waals surface area contributed by atoms with E-state index in [-0.39, 0.29) is 18.6 Å². The van der Waals surface area contributed by atoms with E-state index in [1.165, 1.54) is 26.8 Å². The van der Waals surface area contributed by atoms with Crippen LogP contribution in [0, 0.1) is 0 Å². The molecule has 6 nitrogen and oxygen atoms in total. The van der Waals surface area contributed by atoms with Crippen molar-refractivity contribution in [2.45, 2.75) is 31.7 Å². The molecule has 0 N–H and O–H groups in total. The second kappa shape index (κ2) is 7.61. The maximum Gasteiger partial charge on any atom is 0.348 e. The van der Waals surface area contributed by atoms with Gasteiger partial charge < -0.3 is 9.15 Å². The minimum absolute atomic E-state index is 0.334. The van der Waals surface area contributed by atoms with Crippen molar-refractivity contribution < 1.29 is 18.7 Å². The van der Waals surface area contributed by atoms with E-state index in [0.29, 0.717) is 17.1 Å². The van der Waals surface area contributed by atoms with Crippen LogP contribution in [-0.4, -0.2) is 29.2 Å². The zero-order chi connectivity index (χ0) is 19.8. The first-order chi connectivity index (χ1) is 14.2. The molecule has 0 saturated carbocycles. The van der Waals surface area contributed by atoms with Gasteiger partial charge in [-0.3, -0.25) is 4.79 Å². The molecule has 3 aromatic heterocycles. The highest BCUT2D eigenvalue weighted by atomic mass is 32.1. The molecule has 1 aliphatic carbocycles. The first-order valence-corrected chi connectivity index (χ1v) is 11.1. The lowest BCUT2D eigenvalue weighted by Crippen LogP contribution is -2.31. The molecule has 0 bridgehead atoms. The van der Waals surface area contributed by atoms with Crippen LogP contribution in [0.2, 0.25) is 0 Å². The highest BCUT2D eigenvalue weighted by Crippen LogP contribution is 2.34. The predicted octanol–water partition coefficient (Wildman–Crippen LogP) is 4.43. The van der Waals surface area contributed by atoms with Gasteiger partial charge in [-0.25, -0.2) is 9.80 Å². The first kappa shape index (κ1) is 18.3. The number of hydrogen-bond acceptors (Lipinski definition) is 7. The van der Waals surface area contributed by atoms with E-state index < -0.39 is 5.97 Å². The van der Waals surface area contributed by atoms with E-state index >= 15 is 0 Å². The predicted molar refractivity (Wildman–Crippen MR) is 110 cm³/mol. The summed E-state index contributed by atoms with van der Waals surface area (Å²) in [6.07, 6.45) is 5.31. The normalized spacial score (nSPS) is 18.0. The molecule has 2 aliphatic rings. The van der Waals surface area contributed by atoms with Crippen LogP contribution in [0.1, 0.15) is 49.6 Å². The molecule has 4 heterocycles. The van der Waals surface area contributed by atoms with Crippen molar-refractivity contribution >= 4 is 40.3 Å². The Kier molecular flexibility index (Phi) is 4.81. The fourth-order valence-electron chi connectivity index (χ4n) is 3.73. The first-order valence-electron chi connectivity index (χ1n) is 9.44. The Morgan fingerprint density at radius 3 is 2.97 bits per heavy atom. The van der Waals surface area contributed by atoms with Crippen LogP contribution < -0.4 is 0 Å². The largest absolute Gasteiger partial charge is 0.467 e. The smallest absolute Gasteiger partial charge is 0.348 e. The van der Waals surface area contributed by atoms with Gasteiger partial charge in [-0.1, -0.05) is 6.07 Å². The molecule has 1 unspecified atom stereocenters. The van der Waals surface area contributed by atoms with Gasteiger partial charge in [-0.15, -0.1) is 22.7 Å². The zero-order valence-electron chi connectivity index (χ0n) is 15.5. The van der Waals surface area contributed by atoms with E-state index in [4.69, 9.17) is 9.15 Å². The summed E-state index contributed by atoms with van der Waals surface area (Å²) >= 11 is 3.05. The fourth-order valence-corrected chi connectivity index (χ4v) is 5.60. The van der Waals surface area contributed by atoms with Crippen molar-refractivity contribution in [1.29, 1.82) is 0 Å². The van der Waals surface area contributed by atoms with Crippen LogP contribution in [0.5, 0.6) is 0 Å². The lowest BCUT2D eigenvalue weighted by Gasteiger charge is -2.19. The Morgan fingerprint density at radius 2 is 2.21 bits per heavy atom. The summed E-state index contributed by atoms with van der Waals surface area (Å²) < 4.78 is 10.8. The van der Waals surface area contributed by atoms with Crippen LogP contribution in [-0.2, 0) is 22.4 Å². The molecule has 0 saturated heterocycles. The molecular formula is C21H18N2O4S2. The van der Waals surface area contributed by atoms with Crippen LogP contribution in [0.15, 0.2) is 51.5 Å². The molecule has 0 spiro atoms. The Bertz CT molecular complexity index is 1050. The van der Waals surface area contributed by atoms with Gasteiger partial charge in [-0.05, 0) is 54.5 Å². The van der Waals surface area contributed by atoms with Crippen LogP contribution in [0.3, 0.4) is 0 Å². The van der Waals surface area contributed by atoms with Crippen molar-refractivity contribution in [2.24, 2.45) is 5.10 Å². The molecule has 0 fully saturated rings. The maximum atomic E-state index is 12.8. The number of carbonyl (C=O) groups excluding carboxylic acids is 2. The van der Waals surface area contributed by atoms with Crippen molar-refractivity contribution in [1.82, 2.24) is 5.01 Å². The lowest BCUT2D eigenvalue weighted by atomic mass is 10.1. The van der Waals surface area contributed by atoms with Crippen LogP contribution in [0.25, 0.3) is 0 Å². The summed E-state index contributed by atoms with van der Waals surface area (Å²) in [7, 11) is 0. The second-order valence-corrected chi connectivity index (χ2v) is 9.07. The molecule has 8 heteroatoms. The number of hydrazone groups is 1. The van der Waals surface area contributed by atoms with Gasteiger partial charge in [-0.2, -0.15) is 5.10 Å². The summed E-state index contributed by atoms with van der Waals surface area (Å²) in [5, 5.41) is 7.88. The quantitative estimate of drug-likeness (QED) is 0.566. The van der Waals surface area contributed by atoms with Crippen molar-refractivity contribution in [3.8, 4) is 0 Å². The highest BCUT2D eigenvalue weighted by molar-refractivity contribution is 7.14. The van der Waals surface area contributed by atoms with E-state index in [1.54, 1.807) is 23.7 Å².